The highest BCUT2D eigenvalue weighted by molar-refractivity contribution is 8.02. The molecule has 22 heavy (non-hydrogen) atoms. The molecular formula is C17H23N3S2. The van der Waals surface area contributed by atoms with Gasteiger partial charge in [-0.1, -0.05) is 36.4 Å². The van der Waals surface area contributed by atoms with Crippen molar-refractivity contribution in [1.82, 2.24) is 14.1 Å². The predicted octanol–water partition coefficient (Wildman–Crippen LogP) is 3.84. The van der Waals surface area contributed by atoms with Crippen molar-refractivity contribution in [2.24, 2.45) is 0 Å². The highest BCUT2D eigenvalue weighted by atomic mass is 32.2. The van der Waals surface area contributed by atoms with Crippen LogP contribution >= 0.6 is 23.9 Å². The summed E-state index contributed by atoms with van der Waals surface area (Å²) in [6.45, 7) is 2.22. The van der Waals surface area contributed by atoms with E-state index < -0.39 is 0 Å². The number of nitrogens with zero attached hydrogens (tertiary/aromatic N) is 2. The quantitative estimate of drug-likeness (QED) is 0.628. The average molecular weight is 334 g/mol. The molecule has 5 heteroatoms. The number of hydrogen-bond donors (Lipinski definition) is 1. The summed E-state index contributed by atoms with van der Waals surface area (Å²) < 4.78 is 2.24. The number of benzene rings is 1. The van der Waals surface area contributed by atoms with Crippen LogP contribution in [-0.2, 0) is 6.42 Å². The zero-order chi connectivity index (χ0) is 15.2. The molecule has 0 saturated heterocycles. The fourth-order valence-electron chi connectivity index (χ4n) is 2.69. The lowest BCUT2D eigenvalue weighted by Crippen LogP contribution is -2.30. The molecule has 1 aromatic carbocycles. The van der Waals surface area contributed by atoms with E-state index in [-0.39, 0.29) is 0 Å². The molecule has 0 radical (unpaired) electrons. The van der Waals surface area contributed by atoms with E-state index in [0.29, 0.717) is 0 Å². The van der Waals surface area contributed by atoms with Gasteiger partial charge in [0, 0.05) is 24.3 Å². The third-order valence-corrected chi connectivity index (χ3v) is 5.63. The maximum Gasteiger partial charge on any atom is 0.0775 e. The topological polar surface area (TPSA) is 18.5 Å². The van der Waals surface area contributed by atoms with Gasteiger partial charge in [0.2, 0.25) is 0 Å². The highest BCUT2D eigenvalue weighted by Crippen LogP contribution is 2.32. The van der Waals surface area contributed by atoms with Crippen LogP contribution in [0.25, 0.3) is 0 Å². The third kappa shape index (κ3) is 4.32. The van der Waals surface area contributed by atoms with E-state index in [4.69, 9.17) is 0 Å². The molecule has 1 N–H and O–H groups in total. The minimum absolute atomic E-state index is 1.05. The van der Waals surface area contributed by atoms with Gasteiger partial charge in [-0.15, -0.1) is 0 Å². The lowest BCUT2D eigenvalue weighted by Gasteiger charge is -2.27. The number of aryl methyl sites for hydroxylation is 1. The summed E-state index contributed by atoms with van der Waals surface area (Å²) >= 11 is 3.55. The van der Waals surface area contributed by atoms with Crippen LogP contribution in [0.3, 0.4) is 0 Å². The van der Waals surface area contributed by atoms with Gasteiger partial charge in [0.15, 0.2) is 0 Å². The summed E-state index contributed by atoms with van der Waals surface area (Å²) in [7, 11) is 2.19. The number of likely N-dealkylation sites (N-methyl/N-ethyl adjacent to an activating group) is 1. The van der Waals surface area contributed by atoms with Gasteiger partial charge in [-0.05, 0) is 61.3 Å². The fourth-order valence-corrected chi connectivity index (χ4v) is 4.47. The molecule has 2 heterocycles. The first kappa shape index (κ1) is 16.0. The van der Waals surface area contributed by atoms with Gasteiger partial charge >= 0.3 is 0 Å². The molecule has 1 aromatic rings. The fraction of sp³-hybridized carbons (Fsp3) is 0.412. The van der Waals surface area contributed by atoms with E-state index in [1.54, 1.807) is 11.9 Å². The van der Waals surface area contributed by atoms with Crippen LogP contribution in [0.15, 0.2) is 53.1 Å². The molecule has 0 spiro atoms. The summed E-state index contributed by atoms with van der Waals surface area (Å²) in [6, 6.07) is 10.7. The monoisotopic (exact) mass is 333 g/mol. The Labute approximate surface area is 142 Å². The Bertz CT molecular complexity index is 542. The summed E-state index contributed by atoms with van der Waals surface area (Å²) in [5.41, 5.74) is 4.21. The van der Waals surface area contributed by atoms with Crippen LogP contribution in [0.4, 0.5) is 0 Å². The number of hydrazine groups is 1. The predicted molar refractivity (Wildman–Crippen MR) is 98.1 cm³/mol. The van der Waals surface area contributed by atoms with Gasteiger partial charge in [-0.3, -0.25) is 0 Å². The summed E-state index contributed by atoms with van der Waals surface area (Å²) in [5.74, 6) is 1.13. The molecule has 0 amide bonds. The molecule has 0 bridgehead atoms. The van der Waals surface area contributed by atoms with Crippen LogP contribution in [0.2, 0.25) is 0 Å². The van der Waals surface area contributed by atoms with Gasteiger partial charge in [0.1, 0.15) is 0 Å². The van der Waals surface area contributed by atoms with Gasteiger partial charge in [-0.25, -0.2) is 4.41 Å². The number of nitrogens with one attached hydrogen (secondary N) is 1. The lowest BCUT2D eigenvalue weighted by molar-refractivity contribution is 0.351. The van der Waals surface area contributed by atoms with E-state index in [1.165, 1.54) is 29.8 Å². The Morgan fingerprint density at radius 2 is 2.14 bits per heavy atom. The van der Waals surface area contributed by atoms with Crippen molar-refractivity contribution in [3.05, 3.63) is 58.6 Å². The minimum atomic E-state index is 1.05. The third-order valence-electron chi connectivity index (χ3n) is 3.87. The summed E-state index contributed by atoms with van der Waals surface area (Å²) in [4.78, 5) is 5.76. The molecule has 0 aliphatic carbocycles. The second kappa shape index (κ2) is 8.11. The standard InChI is InChI=1S/C17H23N3S2/c1-19-11-5-10-16(13-19)17-14-21-18-20(17)22-12-6-9-15-7-3-2-4-8-15/h2-4,7-8,10,14,18H,5-6,9,11-13H2,1H3. The van der Waals surface area contributed by atoms with Crippen molar-refractivity contribution >= 4 is 23.9 Å². The summed E-state index contributed by atoms with van der Waals surface area (Å²) in [5, 5.41) is 2.23. The SMILES string of the molecule is CN1CCC=C(C2=CSNN2SCCCc2ccccc2)C1. The molecule has 0 aromatic heterocycles. The maximum atomic E-state index is 3.38. The van der Waals surface area contributed by atoms with E-state index in [0.717, 1.165) is 25.1 Å². The zero-order valence-corrected chi connectivity index (χ0v) is 14.6. The van der Waals surface area contributed by atoms with Crippen molar-refractivity contribution in [3.8, 4) is 0 Å². The molecular weight excluding hydrogens is 310 g/mol. The first-order valence-electron chi connectivity index (χ1n) is 7.79. The second-order valence-electron chi connectivity index (χ2n) is 5.68. The van der Waals surface area contributed by atoms with E-state index in [1.807, 2.05) is 11.9 Å². The highest BCUT2D eigenvalue weighted by Gasteiger charge is 2.22. The molecule has 0 saturated carbocycles. The largest absolute Gasteiger partial charge is 0.302 e. The first-order valence-corrected chi connectivity index (χ1v) is 9.61. The van der Waals surface area contributed by atoms with Crippen LogP contribution in [0.5, 0.6) is 0 Å². The molecule has 118 valence electrons. The maximum absolute atomic E-state index is 3.38. The van der Waals surface area contributed by atoms with Crippen molar-refractivity contribution < 1.29 is 0 Å². The van der Waals surface area contributed by atoms with Gasteiger partial charge in [0.05, 0.1) is 5.70 Å². The second-order valence-corrected chi connectivity index (χ2v) is 7.37. The first-order chi connectivity index (χ1) is 10.8. The Morgan fingerprint density at radius 1 is 1.27 bits per heavy atom. The van der Waals surface area contributed by atoms with Crippen molar-refractivity contribution in [2.75, 3.05) is 25.9 Å². The Hall–Kier alpha value is -0.880. The number of hydrogen-bond acceptors (Lipinski definition) is 5. The molecule has 0 fully saturated rings. The van der Waals surface area contributed by atoms with Crippen molar-refractivity contribution in [1.29, 1.82) is 0 Å². The molecule has 3 rings (SSSR count). The average Bonchev–Trinajstić information content (AvgIpc) is 3.01. The Balaban J connectivity index is 1.46. The van der Waals surface area contributed by atoms with Crippen LogP contribution in [0.1, 0.15) is 18.4 Å². The molecule has 0 atom stereocenters. The van der Waals surface area contributed by atoms with E-state index in [9.17, 15) is 0 Å². The molecule has 3 nitrogen and oxygen atoms in total. The van der Waals surface area contributed by atoms with Gasteiger partial charge in [-0.2, -0.15) is 4.83 Å². The van der Waals surface area contributed by atoms with Crippen LogP contribution < -0.4 is 4.83 Å². The molecule has 2 aliphatic rings. The normalized spacial score (nSPS) is 19.2. The molecule has 0 unspecified atom stereocenters. The summed E-state index contributed by atoms with van der Waals surface area (Å²) in [6.07, 6.45) is 5.89. The van der Waals surface area contributed by atoms with Gasteiger partial charge < -0.3 is 4.90 Å². The smallest absolute Gasteiger partial charge is 0.0775 e. The molecule has 2 aliphatic heterocycles. The van der Waals surface area contributed by atoms with Crippen molar-refractivity contribution in [3.63, 3.8) is 0 Å². The number of rotatable bonds is 6. The Morgan fingerprint density at radius 3 is 2.95 bits per heavy atom. The van der Waals surface area contributed by atoms with Crippen molar-refractivity contribution in [2.45, 2.75) is 19.3 Å². The zero-order valence-electron chi connectivity index (χ0n) is 13.0. The minimum Gasteiger partial charge on any atom is -0.302 e. The van der Waals surface area contributed by atoms with Gasteiger partial charge in [0.25, 0.3) is 0 Å². The lowest BCUT2D eigenvalue weighted by atomic mass is 10.1. The van der Waals surface area contributed by atoms with Crippen LogP contribution in [-0.4, -0.2) is 35.2 Å². The van der Waals surface area contributed by atoms with E-state index in [2.05, 4.69) is 63.0 Å². The van der Waals surface area contributed by atoms with E-state index >= 15 is 0 Å². The Kier molecular flexibility index (Phi) is 5.89. The van der Waals surface area contributed by atoms with Crippen LogP contribution in [0, 0.1) is 0 Å².